The standard InChI is InChI=1S/C13H18N2O3/c1-10-3-2-5-15(8-10)12(16)7-14-13(17)11-4-6-18-9-11/h4,6,9-10H,2-3,5,7-8H2,1H3,(H,14,17)/t10-/m0/s1. The molecule has 1 aliphatic heterocycles. The van der Waals surface area contributed by atoms with E-state index in [0.717, 1.165) is 19.5 Å². The molecule has 0 spiro atoms. The quantitative estimate of drug-likeness (QED) is 0.878. The molecule has 0 aromatic carbocycles. The van der Waals surface area contributed by atoms with Gasteiger partial charge in [-0.25, -0.2) is 0 Å². The van der Waals surface area contributed by atoms with Gasteiger partial charge in [0.2, 0.25) is 5.91 Å². The molecular formula is C13H18N2O3. The molecule has 2 rings (SSSR count). The van der Waals surface area contributed by atoms with Gasteiger partial charge in [-0.2, -0.15) is 0 Å². The first kappa shape index (κ1) is 12.7. The number of furan rings is 1. The molecule has 1 aromatic heterocycles. The van der Waals surface area contributed by atoms with E-state index in [1.165, 1.54) is 18.9 Å². The largest absolute Gasteiger partial charge is 0.472 e. The Hall–Kier alpha value is -1.78. The number of carbonyl (C=O) groups is 2. The van der Waals surface area contributed by atoms with Crippen molar-refractivity contribution >= 4 is 11.8 Å². The highest BCUT2D eigenvalue weighted by atomic mass is 16.3. The summed E-state index contributed by atoms with van der Waals surface area (Å²) in [4.78, 5) is 25.3. The molecule has 98 valence electrons. The summed E-state index contributed by atoms with van der Waals surface area (Å²) in [5.74, 6) is 0.257. The van der Waals surface area contributed by atoms with E-state index >= 15 is 0 Å². The molecule has 0 aliphatic carbocycles. The zero-order chi connectivity index (χ0) is 13.0. The molecule has 1 aliphatic rings. The van der Waals surface area contributed by atoms with E-state index in [9.17, 15) is 9.59 Å². The van der Waals surface area contributed by atoms with E-state index in [2.05, 4.69) is 12.2 Å². The fourth-order valence-corrected chi connectivity index (χ4v) is 2.18. The minimum absolute atomic E-state index is 0.0154. The third-order valence-corrected chi connectivity index (χ3v) is 3.19. The Morgan fingerprint density at radius 2 is 2.39 bits per heavy atom. The Balaban J connectivity index is 1.79. The van der Waals surface area contributed by atoms with Gasteiger partial charge < -0.3 is 14.6 Å². The average molecular weight is 250 g/mol. The van der Waals surface area contributed by atoms with Crippen LogP contribution in [0.4, 0.5) is 0 Å². The van der Waals surface area contributed by atoms with Crippen LogP contribution in [0.3, 0.4) is 0 Å². The fourth-order valence-electron chi connectivity index (χ4n) is 2.18. The lowest BCUT2D eigenvalue weighted by Gasteiger charge is -2.30. The molecule has 5 nitrogen and oxygen atoms in total. The Morgan fingerprint density at radius 3 is 3.06 bits per heavy atom. The van der Waals surface area contributed by atoms with Crippen molar-refractivity contribution in [2.45, 2.75) is 19.8 Å². The van der Waals surface area contributed by atoms with Crippen molar-refractivity contribution in [3.63, 3.8) is 0 Å². The fraction of sp³-hybridized carbons (Fsp3) is 0.538. The van der Waals surface area contributed by atoms with Gasteiger partial charge in [-0.05, 0) is 24.8 Å². The molecule has 0 saturated carbocycles. The Labute approximate surface area is 106 Å². The van der Waals surface area contributed by atoms with Crippen LogP contribution in [0.1, 0.15) is 30.1 Å². The summed E-state index contributed by atoms with van der Waals surface area (Å²) in [5.41, 5.74) is 0.440. The third kappa shape index (κ3) is 3.12. The summed E-state index contributed by atoms with van der Waals surface area (Å²) in [7, 11) is 0. The number of amides is 2. The normalized spacial score (nSPS) is 19.6. The number of carbonyl (C=O) groups excluding carboxylic acids is 2. The van der Waals surface area contributed by atoms with Gasteiger partial charge in [0.25, 0.3) is 5.91 Å². The zero-order valence-corrected chi connectivity index (χ0v) is 10.5. The number of hydrogen-bond acceptors (Lipinski definition) is 3. The predicted octanol–water partition coefficient (Wildman–Crippen LogP) is 1.27. The van der Waals surface area contributed by atoms with Crippen LogP contribution in [0.2, 0.25) is 0 Å². The van der Waals surface area contributed by atoms with Gasteiger partial charge in [-0.3, -0.25) is 9.59 Å². The second-order valence-corrected chi connectivity index (χ2v) is 4.78. The Kier molecular flexibility index (Phi) is 4.02. The summed E-state index contributed by atoms with van der Waals surface area (Å²) in [6, 6.07) is 1.57. The molecule has 1 N–H and O–H groups in total. The van der Waals surface area contributed by atoms with E-state index in [1.54, 1.807) is 6.07 Å². The lowest BCUT2D eigenvalue weighted by Crippen LogP contribution is -2.44. The molecule has 5 heteroatoms. The molecule has 1 saturated heterocycles. The molecule has 0 bridgehead atoms. The van der Waals surface area contributed by atoms with Crippen molar-refractivity contribution in [2.24, 2.45) is 5.92 Å². The molecule has 0 unspecified atom stereocenters. The molecule has 2 amide bonds. The first-order valence-electron chi connectivity index (χ1n) is 6.25. The van der Waals surface area contributed by atoms with Gasteiger partial charge in [0.15, 0.2) is 0 Å². The Bertz CT molecular complexity index is 414. The van der Waals surface area contributed by atoms with Crippen molar-refractivity contribution in [1.82, 2.24) is 10.2 Å². The lowest BCUT2D eigenvalue weighted by molar-refractivity contribution is -0.131. The van der Waals surface area contributed by atoms with Crippen LogP contribution in [0.15, 0.2) is 23.0 Å². The molecule has 2 heterocycles. The molecule has 1 atom stereocenters. The van der Waals surface area contributed by atoms with Crippen molar-refractivity contribution in [1.29, 1.82) is 0 Å². The van der Waals surface area contributed by atoms with Crippen molar-refractivity contribution in [2.75, 3.05) is 19.6 Å². The third-order valence-electron chi connectivity index (χ3n) is 3.19. The van der Waals surface area contributed by atoms with Crippen LogP contribution in [-0.4, -0.2) is 36.3 Å². The maximum Gasteiger partial charge on any atom is 0.254 e. The lowest BCUT2D eigenvalue weighted by atomic mass is 10.0. The number of piperidine rings is 1. The number of hydrogen-bond donors (Lipinski definition) is 1. The number of nitrogens with one attached hydrogen (secondary N) is 1. The number of rotatable bonds is 3. The van der Waals surface area contributed by atoms with Gasteiger partial charge in [0, 0.05) is 13.1 Å². The summed E-state index contributed by atoms with van der Waals surface area (Å²) < 4.78 is 4.82. The molecular weight excluding hydrogens is 232 g/mol. The van der Waals surface area contributed by atoms with Crippen LogP contribution in [0, 0.1) is 5.92 Å². The van der Waals surface area contributed by atoms with Crippen LogP contribution in [-0.2, 0) is 4.79 Å². The van der Waals surface area contributed by atoms with Crippen LogP contribution < -0.4 is 5.32 Å². The van der Waals surface area contributed by atoms with E-state index in [-0.39, 0.29) is 18.4 Å². The monoisotopic (exact) mass is 250 g/mol. The highest BCUT2D eigenvalue weighted by Crippen LogP contribution is 2.15. The molecule has 18 heavy (non-hydrogen) atoms. The summed E-state index contributed by atoms with van der Waals surface area (Å²) in [5, 5.41) is 2.61. The van der Waals surface area contributed by atoms with E-state index in [1.807, 2.05) is 4.90 Å². The maximum absolute atomic E-state index is 11.9. The topological polar surface area (TPSA) is 62.6 Å². The van der Waals surface area contributed by atoms with E-state index in [4.69, 9.17) is 4.42 Å². The van der Waals surface area contributed by atoms with Gasteiger partial charge in [0.05, 0.1) is 18.4 Å². The zero-order valence-electron chi connectivity index (χ0n) is 10.5. The second kappa shape index (κ2) is 5.71. The van der Waals surface area contributed by atoms with Gasteiger partial charge in [-0.15, -0.1) is 0 Å². The second-order valence-electron chi connectivity index (χ2n) is 4.78. The number of likely N-dealkylation sites (tertiary alicyclic amines) is 1. The van der Waals surface area contributed by atoms with Crippen LogP contribution in [0.25, 0.3) is 0 Å². The van der Waals surface area contributed by atoms with Crippen molar-refractivity contribution < 1.29 is 14.0 Å². The van der Waals surface area contributed by atoms with E-state index in [0.29, 0.717) is 11.5 Å². The SMILES string of the molecule is C[C@H]1CCCN(C(=O)CNC(=O)c2ccoc2)C1. The Morgan fingerprint density at radius 1 is 1.56 bits per heavy atom. The first-order valence-corrected chi connectivity index (χ1v) is 6.25. The molecule has 1 aromatic rings. The minimum Gasteiger partial charge on any atom is -0.472 e. The van der Waals surface area contributed by atoms with Crippen LogP contribution >= 0.6 is 0 Å². The molecule has 1 fully saturated rings. The molecule has 0 radical (unpaired) electrons. The number of nitrogens with zero attached hydrogens (tertiary/aromatic N) is 1. The van der Waals surface area contributed by atoms with Gasteiger partial charge in [0.1, 0.15) is 6.26 Å². The summed E-state index contributed by atoms with van der Waals surface area (Å²) in [6.07, 6.45) is 5.01. The minimum atomic E-state index is -0.276. The predicted molar refractivity (Wildman–Crippen MR) is 66.0 cm³/mol. The smallest absolute Gasteiger partial charge is 0.254 e. The van der Waals surface area contributed by atoms with Gasteiger partial charge >= 0.3 is 0 Å². The summed E-state index contributed by atoms with van der Waals surface area (Å²) in [6.45, 7) is 3.78. The maximum atomic E-state index is 11.9. The van der Waals surface area contributed by atoms with E-state index < -0.39 is 0 Å². The summed E-state index contributed by atoms with van der Waals surface area (Å²) >= 11 is 0. The van der Waals surface area contributed by atoms with Crippen molar-refractivity contribution in [3.8, 4) is 0 Å². The van der Waals surface area contributed by atoms with Gasteiger partial charge in [-0.1, -0.05) is 6.92 Å². The van der Waals surface area contributed by atoms with Crippen LogP contribution in [0.5, 0.6) is 0 Å². The first-order chi connectivity index (χ1) is 8.66. The average Bonchev–Trinajstić information content (AvgIpc) is 2.89. The highest BCUT2D eigenvalue weighted by Gasteiger charge is 2.21. The highest BCUT2D eigenvalue weighted by molar-refractivity contribution is 5.96. The van der Waals surface area contributed by atoms with Crippen molar-refractivity contribution in [3.05, 3.63) is 24.2 Å².